The van der Waals surface area contributed by atoms with Crippen molar-refractivity contribution in [3.05, 3.63) is 59.5 Å². The molecule has 0 unspecified atom stereocenters. The fourth-order valence-corrected chi connectivity index (χ4v) is 4.81. The van der Waals surface area contributed by atoms with Gasteiger partial charge in [-0.05, 0) is 62.8 Å². The Balaban J connectivity index is 1.51. The fourth-order valence-electron chi connectivity index (χ4n) is 3.76. The highest BCUT2D eigenvalue weighted by atomic mass is 32.1. The van der Waals surface area contributed by atoms with Crippen LogP contribution in [0, 0.1) is 12.7 Å². The standard InChI is InChI=1S/C24H27FN4OS/c1-4-28(5-2)13-7-12-26-23(30)17-10-11-20-21(14-17)31-24-27-19(15-29(20)24)18-9-6-8-16(3)22(18)25/h6,8-11,14-15H,4-5,7,12-13H2,1-3H3,(H,26,30). The van der Waals surface area contributed by atoms with E-state index in [1.54, 1.807) is 19.1 Å². The largest absolute Gasteiger partial charge is 0.352 e. The number of benzene rings is 2. The van der Waals surface area contributed by atoms with Crippen LogP contribution in [0.2, 0.25) is 0 Å². The van der Waals surface area contributed by atoms with Gasteiger partial charge in [-0.2, -0.15) is 0 Å². The lowest BCUT2D eigenvalue weighted by Crippen LogP contribution is -2.29. The summed E-state index contributed by atoms with van der Waals surface area (Å²) in [5.74, 6) is -0.299. The van der Waals surface area contributed by atoms with Crippen molar-refractivity contribution in [1.82, 2.24) is 19.6 Å². The number of nitrogens with zero attached hydrogens (tertiary/aromatic N) is 3. The molecular weight excluding hydrogens is 411 g/mol. The molecule has 0 aliphatic heterocycles. The predicted octanol–water partition coefficient (Wildman–Crippen LogP) is 5.13. The van der Waals surface area contributed by atoms with E-state index in [1.165, 1.54) is 11.3 Å². The summed E-state index contributed by atoms with van der Waals surface area (Å²) in [4.78, 5) is 20.3. The summed E-state index contributed by atoms with van der Waals surface area (Å²) < 4.78 is 17.4. The number of rotatable bonds is 8. The van der Waals surface area contributed by atoms with E-state index >= 15 is 0 Å². The molecule has 0 radical (unpaired) electrons. The van der Waals surface area contributed by atoms with E-state index < -0.39 is 0 Å². The third kappa shape index (κ3) is 4.34. The van der Waals surface area contributed by atoms with Gasteiger partial charge in [-0.25, -0.2) is 9.37 Å². The van der Waals surface area contributed by atoms with Gasteiger partial charge in [-0.3, -0.25) is 9.20 Å². The third-order valence-corrected chi connectivity index (χ3v) is 6.67. The molecule has 4 rings (SSSR count). The van der Waals surface area contributed by atoms with E-state index in [1.807, 2.05) is 34.9 Å². The number of carbonyl (C=O) groups is 1. The smallest absolute Gasteiger partial charge is 0.251 e. The van der Waals surface area contributed by atoms with Crippen molar-refractivity contribution in [2.24, 2.45) is 0 Å². The normalized spacial score (nSPS) is 11.6. The van der Waals surface area contributed by atoms with Crippen LogP contribution in [0.15, 0.2) is 42.6 Å². The molecule has 31 heavy (non-hydrogen) atoms. The van der Waals surface area contributed by atoms with Crippen molar-refractivity contribution in [2.75, 3.05) is 26.2 Å². The fraction of sp³-hybridized carbons (Fsp3) is 0.333. The molecule has 0 aliphatic carbocycles. The highest BCUT2D eigenvalue weighted by Crippen LogP contribution is 2.31. The van der Waals surface area contributed by atoms with E-state index in [2.05, 4.69) is 29.0 Å². The van der Waals surface area contributed by atoms with Crippen molar-refractivity contribution >= 4 is 32.4 Å². The highest BCUT2D eigenvalue weighted by Gasteiger charge is 2.15. The Kier molecular flexibility index (Phi) is 6.34. The monoisotopic (exact) mass is 438 g/mol. The molecule has 0 atom stereocenters. The molecule has 0 bridgehead atoms. The van der Waals surface area contributed by atoms with Crippen LogP contribution in [0.1, 0.15) is 36.2 Å². The maximum Gasteiger partial charge on any atom is 0.251 e. The van der Waals surface area contributed by atoms with E-state index in [4.69, 9.17) is 0 Å². The second-order valence-corrected chi connectivity index (χ2v) is 8.65. The second kappa shape index (κ2) is 9.16. The molecule has 162 valence electrons. The molecule has 0 spiro atoms. The van der Waals surface area contributed by atoms with Crippen LogP contribution in [-0.4, -0.2) is 46.4 Å². The number of hydrogen-bond donors (Lipinski definition) is 1. The number of thiazole rings is 1. The van der Waals surface area contributed by atoms with Crippen molar-refractivity contribution in [3.63, 3.8) is 0 Å². The van der Waals surface area contributed by atoms with E-state index in [0.717, 1.165) is 41.2 Å². The minimum Gasteiger partial charge on any atom is -0.352 e. The van der Waals surface area contributed by atoms with Crippen LogP contribution in [-0.2, 0) is 0 Å². The lowest BCUT2D eigenvalue weighted by atomic mass is 10.1. The Bertz CT molecular complexity index is 1230. The number of imidazole rings is 1. The van der Waals surface area contributed by atoms with Crippen LogP contribution >= 0.6 is 11.3 Å². The number of carbonyl (C=O) groups excluding carboxylic acids is 1. The van der Waals surface area contributed by atoms with Gasteiger partial charge in [0.1, 0.15) is 5.82 Å². The number of hydrogen-bond acceptors (Lipinski definition) is 4. The quantitative estimate of drug-likeness (QED) is 0.388. The first-order chi connectivity index (χ1) is 15.0. The second-order valence-electron chi connectivity index (χ2n) is 7.64. The van der Waals surface area contributed by atoms with E-state index in [-0.39, 0.29) is 11.7 Å². The molecule has 0 fully saturated rings. The topological polar surface area (TPSA) is 49.6 Å². The average Bonchev–Trinajstić information content (AvgIpc) is 3.33. The van der Waals surface area contributed by atoms with Gasteiger partial charge in [0.2, 0.25) is 0 Å². The first-order valence-corrected chi connectivity index (χ1v) is 11.5. The van der Waals surface area contributed by atoms with E-state index in [9.17, 15) is 9.18 Å². The summed E-state index contributed by atoms with van der Waals surface area (Å²) in [5.41, 5.74) is 3.33. The van der Waals surface area contributed by atoms with Crippen molar-refractivity contribution in [1.29, 1.82) is 0 Å². The molecule has 2 heterocycles. The Morgan fingerprint density at radius 2 is 2.03 bits per heavy atom. The van der Waals surface area contributed by atoms with Crippen LogP contribution in [0.4, 0.5) is 4.39 Å². The summed E-state index contributed by atoms with van der Waals surface area (Å²) in [7, 11) is 0. The first-order valence-electron chi connectivity index (χ1n) is 10.7. The number of nitrogens with one attached hydrogen (secondary N) is 1. The Morgan fingerprint density at radius 1 is 1.23 bits per heavy atom. The van der Waals surface area contributed by atoms with Gasteiger partial charge in [0.15, 0.2) is 4.96 Å². The first kappa shape index (κ1) is 21.5. The number of amides is 1. The Labute approximate surface area is 185 Å². The van der Waals surface area contributed by atoms with Crippen molar-refractivity contribution < 1.29 is 9.18 Å². The summed E-state index contributed by atoms with van der Waals surface area (Å²) in [5, 5.41) is 3.01. The molecule has 1 N–H and O–H groups in total. The predicted molar refractivity (Wildman–Crippen MR) is 125 cm³/mol. The third-order valence-electron chi connectivity index (χ3n) is 5.66. The number of aryl methyl sites for hydroxylation is 1. The molecule has 2 aromatic carbocycles. The lowest BCUT2D eigenvalue weighted by Gasteiger charge is -2.17. The zero-order valence-corrected chi connectivity index (χ0v) is 18.9. The Morgan fingerprint density at radius 3 is 2.81 bits per heavy atom. The van der Waals surface area contributed by atoms with Gasteiger partial charge >= 0.3 is 0 Å². The molecule has 2 aromatic heterocycles. The van der Waals surface area contributed by atoms with Crippen LogP contribution in [0.5, 0.6) is 0 Å². The van der Waals surface area contributed by atoms with Crippen LogP contribution in [0.3, 0.4) is 0 Å². The average molecular weight is 439 g/mol. The molecule has 0 saturated heterocycles. The molecule has 0 aliphatic rings. The number of fused-ring (bicyclic) bond motifs is 3. The summed E-state index contributed by atoms with van der Waals surface area (Å²) in [6.45, 7) is 9.75. The molecule has 5 nitrogen and oxygen atoms in total. The van der Waals surface area contributed by atoms with Crippen molar-refractivity contribution in [3.8, 4) is 11.3 Å². The molecule has 1 amide bonds. The summed E-state index contributed by atoms with van der Waals surface area (Å²) >= 11 is 1.50. The zero-order chi connectivity index (χ0) is 22.0. The number of aromatic nitrogens is 2. The molecule has 0 saturated carbocycles. The molecule has 4 aromatic rings. The lowest BCUT2D eigenvalue weighted by molar-refractivity contribution is 0.0952. The van der Waals surface area contributed by atoms with Crippen molar-refractivity contribution in [2.45, 2.75) is 27.2 Å². The van der Waals surface area contributed by atoms with Crippen LogP contribution in [0.25, 0.3) is 26.4 Å². The Hall–Kier alpha value is -2.77. The maximum absolute atomic E-state index is 14.5. The maximum atomic E-state index is 14.5. The molecule has 7 heteroatoms. The van der Waals surface area contributed by atoms with Gasteiger partial charge in [-0.15, -0.1) is 0 Å². The van der Waals surface area contributed by atoms with Gasteiger partial charge < -0.3 is 10.2 Å². The van der Waals surface area contributed by atoms with Crippen LogP contribution < -0.4 is 5.32 Å². The highest BCUT2D eigenvalue weighted by molar-refractivity contribution is 7.23. The van der Waals surface area contributed by atoms with Gasteiger partial charge in [0.25, 0.3) is 5.91 Å². The van der Waals surface area contributed by atoms with Gasteiger partial charge in [-0.1, -0.05) is 37.3 Å². The van der Waals surface area contributed by atoms with Gasteiger partial charge in [0.05, 0.1) is 15.9 Å². The summed E-state index contributed by atoms with van der Waals surface area (Å²) in [6.07, 6.45) is 2.79. The number of halogens is 1. The minimum absolute atomic E-state index is 0.0602. The van der Waals surface area contributed by atoms with Gasteiger partial charge in [0, 0.05) is 23.9 Å². The SMILES string of the molecule is CCN(CC)CCCNC(=O)c1ccc2c(c1)sc1nc(-c3cccc(C)c3F)cn12. The zero-order valence-electron chi connectivity index (χ0n) is 18.1. The minimum atomic E-state index is -0.238. The summed E-state index contributed by atoms with van der Waals surface area (Å²) in [6, 6.07) is 11.0. The van der Waals surface area contributed by atoms with E-state index in [0.29, 0.717) is 28.9 Å². The molecular formula is C24H27FN4OS.